The summed E-state index contributed by atoms with van der Waals surface area (Å²) in [5.74, 6) is 0.143. The number of nitrogens with zero attached hydrogens (tertiary/aromatic N) is 2. The van der Waals surface area contributed by atoms with Crippen LogP contribution in [0.3, 0.4) is 0 Å². The van der Waals surface area contributed by atoms with Crippen molar-refractivity contribution in [2.24, 2.45) is 10.7 Å². The van der Waals surface area contributed by atoms with Crippen LogP contribution in [0, 0.1) is 13.8 Å². The van der Waals surface area contributed by atoms with Crippen LogP contribution in [0.4, 0.5) is 5.69 Å². The van der Waals surface area contributed by atoms with E-state index in [0.29, 0.717) is 22.2 Å². The van der Waals surface area contributed by atoms with E-state index in [1.807, 2.05) is 69.3 Å². The molecule has 0 saturated carbocycles. The number of nitrogens with two attached hydrogens (primary N) is 1. The van der Waals surface area contributed by atoms with E-state index >= 15 is 0 Å². The first-order valence-electron chi connectivity index (χ1n) is 10.5. The van der Waals surface area contributed by atoms with Gasteiger partial charge in [0.25, 0.3) is 5.91 Å². The van der Waals surface area contributed by atoms with Crippen molar-refractivity contribution in [3.8, 4) is 11.4 Å². The third-order valence-electron chi connectivity index (χ3n) is 5.20. The van der Waals surface area contributed by atoms with Gasteiger partial charge >= 0.3 is 0 Å². The summed E-state index contributed by atoms with van der Waals surface area (Å²) in [5.41, 5.74) is 10.4. The van der Waals surface area contributed by atoms with E-state index in [0.717, 1.165) is 34.1 Å². The number of hydrogen-bond acceptors (Lipinski definition) is 5. The Bertz CT molecular complexity index is 1270. The Morgan fingerprint density at radius 3 is 2.48 bits per heavy atom. The molecule has 1 aromatic heterocycles. The first-order chi connectivity index (χ1) is 15.9. The molecule has 8 heteroatoms. The first kappa shape index (κ1) is 22.4. The highest BCUT2D eigenvalue weighted by atomic mass is 32.2. The molecule has 0 radical (unpaired) electrons. The van der Waals surface area contributed by atoms with Crippen LogP contribution >= 0.6 is 11.8 Å². The highest BCUT2D eigenvalue weighted by Gasteiger charge is 2.24. The number of rotatable bonds is 6. The van der Waals surface area contributed by atoms with Gasteiger partial charge < -0.3 is 20.4 Å². The summed E-state index contributed by atoms with van der Waals surface area (Å²) in [5, 5.41) is 3.36. The minimum Gasteiger partial charge on any atom is -0.494 e. The van der Waals surface area contributed by atoms with Gasteiger partial charge in [0.15, 0.2) is 5.17 Å². The molecule has 2 heterocycles. The molecule has 0 aliphatic carbocycles. The fraction of sp³-hybridized carbons (Fsp3) is 0.160. The fourth-order valence-electron chi connectivity index (χ4n) is 3.63. The number of ether oxygens (including phenoxy) is 1. The van der Waals surface area contributed by atoms with Crippen LogP contribution in [0.15, 0.2) is 64.5 Å². The number of carbonyl (C=O) groups is 2. The molecule has 0 spiro atoms. The molecule has 0 unspecified atom stereocenters. The van der Waals surface area contributed by atoms with Gasteiger partial charge in [-0.3, -0.25) is 9.59 Å². The lowest BCUT2D eigenvalue weighted by molar-refractivity contribution is -0.115. The van der Waals surface area contributed by atoms with Crippen LogP contribution in [-0.4, -0.2) is 28.2 Å². The number of benzene rings is 2. The van der Waals surface area contributed by atoms with E-state index < -0.39 is 5.91 Å². The summed E-state index contributed by atoms with van der Waals surface area (Å²) in [6, 6.07) is 16.6. The highest BCUT2D eigenvalue weighted by molar-refractivity contribution is 8.18. The average molecular weight is 461 g/mol. The zero-order chi connectivity index (χ0) is 23.5. The molecule has 2 amide bonds. The Morgan fingerprint density at radius 1 is 1.15 bits per heavy atom. The number of aromatic nitrogens is 1. The van der Waals surface area contributed by atoms with Crippen LogP contribution in [0.2, 0.25) is 0 Å². The van der Waals surface area contributed by atoms with E-state index in [1.165, 1.54) is 11.8 Å². The van der Waals surface area contributed by atoms with E-state index in [-0.39, 0.29) is 5.91 Å². The van der Waals surface area contributed by atoms with Gasteiger partial charge in [-0.15, -0.1) is 0 Å². The summed E-state index contributed by atoms with van der Waals surface area (Å²) in [6.45, 7) is 6.53. The topological polar surface area (TPSA) is 98.7 Å². The number of carbonyl (C=O) groups excluding carboxylic acids is 2. The zero-order valence-electron chi connectivity index (χ0n) is 18.6. The van der Waals surface area contributed by atoms with E-state index in [4.69, 9.17) is 10.5 Å². The molecule has 1 fully saturated rings. The Balaban J connectivity index is 1.57. The molecule has 1 aliphatic rings. The number of nitrogens with one attached hydrogen (secondary N) is 1. The lowest BCUT2D eigenvalue weighted by atomic mass is 10.2. The maximum atomic E-state index is 12.5. The van der Waals surface area contributed by atoms with Crippen LogP contribution in [0.1, 0.15) is 34.2 Å². The largest absolute Gasteiger partial charge is 0.494 e. The quantitative estimate of drug-likeness (QED) is 0.530. The molecular weight excluding hydrogens is 436 g/mol. The second-order valence-electron chi connectivity index (χ2n) is 7.48. The minimum atomic E-state index is -0.458. The summed E-state index contributed by atoms with van der Waals surface area (Å²) in [4.78, 5) is 29.0. The third-order valence-corrected chi connectivity index (χ3v) is 6.11. The van der Waals surface area contributed by atoms with Gasteiger partial charge in [0, 0.05) is 22.6 Å². The summed E-state index contributed by atoms with van der Waals surface area (Å²) < 4.78 is 7.52. The average Bonchev–Trinajstić information content (AvgIpc) is 3.27. The maximum Gasteiger partial charge on any atom is 0.264 e. The molecule has 0 bridgehead atoms. The lowest BCUT2D eigenvalue weighted by Crippen LogP contribution is -2.19. The SMILES string of the molecule is CCOc1ccc(N=C2NC(=O)/C(=C\c3cc(C)n(-c4ccc(C(N)=O)cc4)c3C)S2)cc1. The van der Waals surface area contributed by atoms with Crippen molar-refractivity contribution in [3.05, 3.63) is 82.0 Å². The highest BCUT2D eigenvalue weighted by Crippen LogP contribution is 2.31. The van der Waals surface area contributed by atoms with Gasteiger partial charge in [-0.1, -0.05) is 0 Å². The van der Waals surface area contributed by atoms with Crippen LogP contribution in [0.25, 0.3) is 11.8 Å². The van der Waals surface area contributed by atoms with E-state index in [9.17, 15) is 9.59 Å². The Labute approximate surface area is 196 Å². The van der Waals surface area contributed by atoms with Gasteiger partial charge in [0.1, 0.15) is 5.75 Å². The number of hydrogen-bond donors (Lipinski definition) is 2. The molecule has 2 aromatic carbocycles. The predicted molar refractivity (Wildman–Crippen MR) is 132 cm³/mol. The Hall–Kier alpha value is -3.78. The van der Waals surface area contributed by atoms with Crippen LogP contribution in [0.5, 0.6) is 5.75 Å². The lowest BCUT2D eigenvalue weighted by Gasteiger charge is -2.10. The van der Waals surface area contributed by atoms with E-state index in [2.05, 4.69) is 14.9 Å². The molecule has 3 aromatic rings. The molecule has 0 atom stereocenters. The maximum absolute atomic E-state index is 12.5. The van der Waals surface area contributed by atoms with Crippen LogP contribution < -0.4 is 15.8 Å². The van der Waals surface area contributed by atoms with Crippen molar-refractivity contribution in [1.29, 1.82) is 0 Å². The van der Waals surface area contributed by atoms with Crippen molar-refractivity contribution in [2.45, 2.75) is 20.8 Å². The summed E-state index contributed by atoms with van der Waals surface area (Å²) >= 11 is 1.31. The fourth-order valence-corrected chi connectivity index (χ4v) is 4.46. The number of amidine groups is 1. The predicted octanol–water partition coefficient (Wildman–Crippen LogP) is 4.48. The second-order valence-corrected chi connectivity index (χ2v) is 8.51. The number of thioether (sulfide) groups is 1. The number of amides is 2. The van der Waals surface area contributed by atoms with Gasteiger partial charge in [0.2, 0.25) is 5.91 Å². The third kappa shape index (κ3) is 4.85. The summed E-state index contributed by atoms with van der Waals surface area (Å²) in [6.07, 6.45) is 1.87. The molecule has 4 rings (SSSR count). The molecule has 1 saturated heterocycles. The normalized spacial score (nSPS) is 15.8. The van der Waals surface area contributed by atoms with Gasteiger partial charge in [-0.25, -0.2) is 4.99 Å². The van der Waals surface area contributed by atoms with Gasteiger partial charge in [0.05, 0.1) is 17.2 Å². The Kier molecular flexibility index (Phi) is 6.37. The smallest absolute Gasteiger partial charge is 0.264 e. The summed E-state index contributed by atoms with van der Waals surface area (Å²) in [7, 11) is 0. The number of aliphatic imine (C=N–C) groups is 1. The molecule has 7 nitrogen and oxygen atoms in total. The first-order valence-corrected chi connectivity index (χ1v) is 11.3. The minimum absolute atomic E-state index is 0.180. The van der Waals surface area contributed by atoms with Crippen molar-refractivity contribution >= 4 is 40.5 Å². The van der Waals surface area contributed by atoms with Gasteiger partial charge in [-0.05, 0) is 98.8 Å². The van der Waals surface area contributed by atoms with Crippen LogP contribution in [-0.2, 0) is 4.79 Å². The second kappa shape index (κ2) is 9.38. The Morgan fingerprint density at radius 2 is 1.85 bits per heavy atom. The van der Waals surface area contributed by atoms with Crippen molar-refractivity contribution < 1.29 is 14.3 Å². The standard InChI is InChI=1S/C25H24N4O3S/c1-4-32-21-11-7-19(8-12-21)27-25-28-24(31)22(33-25)14-18-13-15(2)29(16(18)3)20-9-5-17(6-10-20)23(26)30/h5-14H,4H2,1-3H3,(H2,26,30)(H,27,28,31)/b22-14+. The van der Waals surface area contributed by atoms with E-state index in [1.54, 1.807) is 12.1 Å². The van der Waals surface area contributed by atoms with Crippen molar-refractivity contribution in [1.82, 2.24) is 9.88 Å². The van der Waals surface area contributed by atoms with Crippen molar-refractivity contribution in [3.63, 3.8) is 0 Å². The molecule has 33 heavy (non-hydrogen) atoms. The molecule has 168 valence electrons. The molecule has 3 N–H and O–H groups in total. The molecular formula is C25H24N4O3S. The van der Waals surface area contributed by atoms with Crippen molar-refractivity contribution in [2.75, 3.05) is 6.61 Å². The number of primary amides is 1. The van der Waals surface area contributed by atoms with Gasteiger partial charge in [-0.2, -0.15) is 0 Å². The zero-order valence-corrected chi connectivity index (χ0v) is 19.4. The molecule has 1 aliphatic heterocycles. The number of aryl methyl sites for hydroxylation is 1. The monoisotopic (exact) mass is 460 g/mol.